The molecule has 0 saturated heterocycles. The number of amides is 1. The molecule has 5 heteroatoms. The molecule has 1 aliphatic rings. The van der Waals surface area contributed by atoms with Crippen LogP contribution in [-0.4, -0.2) is 35.0 Å². The van der Waals surface area contributed by atoms with Gasteiger partial charge in [-0.15, -0.1) is 0 Å². The summed E-state index contributed by atoms with van der Waals surface area (Å²) in [6, 6.07) is 3.95. The molecule has 1 amide bonds. The van der Waals surface area contributed by atoms with E-state index in [0.29, 0.717) is 13.1 Å². The van der Waals surface area contributed by atoms with E-state index in [-0.39, 0.29) is 23.3 Å². The van der Waals surface area contributed by atoms with Crippen LogP contribution in [0.4, 0.5) is 4.39 Å². The van der Waals surface area contributed by atoms with Crippen molar-refractivity contribution in [3.63, 3.8) is 0 Å². The zero-order valence-electron chi connectivity index (χ0n) is 12.4. The average Bonchev–Trinajstić information content (AvgIpc) is 2.48. The van der Waals surface area contributed by atoms with Gasteiger partial charge in [-0.25, -0.2) is 4.39 Å². The molecule has 0 bridgehead atoms. The van der Waals surface area contributed by atoms with E-state index in [1.807, 2.05) is 6.92 Å². The van der Waals surface area contributed by atoms with Crippen molar-refractivity contribution >= 4 is 5.91 Å². The second kappa shape index (κ2) is 6.89. The summed E-state index contributed by atoms with van der Waals surface area (Å²) in [5.74, 6) is -1.19. The minimum Gasteiger partial charge on any atom is -0.507 e. The first kappa shape index (κ1) is 15.8. The van der Waals surface area contributed by atoms with E-state index in [9.17, 15) is 14.3 Å². The summed E-state index contributed by atoms with van der Waals surface area (Å²) in [7, 11) is 0. The molecule has 2 atom stereocenters. The van der Waals surface area contributed by atoms with Crippen LogP contribution in [0.1, 0.15) is 43.0 Å². The third kappa shape index (κ3) is 3.18. The van der Waals surface area contributed by atoms with Crippen molar-refractivity contribution in [1.82, 2.24) is 4.90 Å². The summed E-state index contributed by atoms with van der Waals surface area (Å²) in [5, 5.41) is 9.82. The number of carbonyl (C=O) groups excluding carboxylic acids is 1. The summed E-state index contributed by atoms with van der Waals surface area (Å²) < 4.78 is 13.9. The van der Waals surface area contributed by atoms with Crippen LogP contribution in [0.5, 0.6) is 5.75 Å². The van der Waals surface area contributed by atoms with Crippen molar-refractivity contribution in [2.24, 2.45) is 11.7 Å². The van der Waals surface area contributed by atoms with Gasteiger partial charge in [0.15, 0.2) is 0 Å². The molecule has 116 valence electrons. The summed E-state index contributed by atoms with van der Waals surface area (Å²) in [5.41, 5.74) is 5.59. The van der Waals surface area contributed by atoms with E-state index in [1.165, 1.54) is 18.2 Å². The molecule has 1 saturated carbocycles. The Morgan fingerprint density at radius 3 is 2.76 bits per heavy atom. The molecule has 1 aromatic carbocycles. The Labute approximate surface area is 124 Å². The molecule has 4 nitrogen and oxygen atoms in total. The van der Waals surface area contributed by atoms with Gasteiger partial charge in [0.05, 0.1) is 0 Å². The van der Waals surface area contributed by atoms with Crippen molar-refractivity contribution in [2.45, 2.75) is 38.6 Å². The fourth-order valence-electron chi connectivity index (χ4n) is 3.27. The van der Waals surface area contributed by atoms with Gasteiger partial charge in [0.2, 0.25) is 0 Å². The Hall–Kier alpha value is -1.62. The fourth-order valence-corrected chi connectivity index (χ4v) is 3.27. The SMILES string of the molecule is CCN(C(=O)c1c(O)cccc1F)C1CCCCC1CN. The lowest BCUT2D eigenvalue weighted by molar-refractivity contribution is 0.0552. The molecule has 2 unspecified atom stereocenters. The van der Waals surface area contributed by atoms with Crippen LogP contribution in [-0.2, 0) is 0 Å². The number of phenols is 1. The van der Waals surface area contributed by atoms with Crippen LogP contribution in [0.3, 0.4) is 0 Å². The van der Waals surface area contributed by atoms with Gasteiger partial charge in [-0.2, -0.15) is 0 Å². The number of halogens is 1. The van der Waals surface area contributed by atoms with Gasteiger partial charge in [-0.3, -0.25) is 4.79 Å². The molecule has 0 heterocycles. The summed E-state index contributed by atoms with van der Waals surface area (Å²) in [6.45, 7) is 2.88. The number of nitrogens with zero attached hydrogens (tertiary/aromatic N) is 1. The molecule has 0 spiro atoms. The van der Waals surface area contributed by atoms with Crippen molar-refractivity contribution < 1.29 is 14.3 Å². The highest BCUT2D eigenvalue weighted by Crippen LogP contribution is 2.30. The van der Waals surface area contributed by atoms with Crippen molar-refractivity contribution in [1.29, 1.82) is 0 Å². The zero-order chi connectivity index (χ0) is 15.4. The van der Waals surface area contributed by atoms with Gasteiger partial charge >= 0.3 is 0 Å². The second-order valence-corrected chi connectivity index (χ2v) is 5.57. The number of phenolic OH excluding ortho intramolecular Hbond substituents is 1. The molecular formula is C16H23FN2O2. The number of rotatable bonds is 4. The van der Waals surface area contributed by atoms with E-state index >= 15 is 0 Å². The molecule has 3 N–H and O–H groups in total. The van der Waals surface area contributed by atoms with Gasteiger partial charge in [0.1, 0.15) is 17.1 Å². The molecule has 1 fully saturated rings. The van der Waals surface area contributed by atoms with Crippen LogP contribution in [0.15, 0.2) is 18.2 Å². The van der Waals surface area contributed by atoms with Crippen LogP contribution in [0.2, 0.25) is 0 Å². The van der Waals surface area contributed by atoms with E-state index in [2.05, 4.69) is 0 Å². The number of nitrogens with two attached hydrogens (primary N) is 1. The first-order valence-corrected chi connectivity index (χ1v) is 7.58. The van der Waals surface area contributed by atoms with Crippen molar-refractivity contribution in [2.75, 3.05) is 13.1 Å². The average molecular weight is 294 g/mol. The number of benzene rings is 1. The highest BCUT2D eigenvalue weighted by atomic mass is 19.1. The predicted octanol–water partition coefficient (Wildman–Crippen LogP) is 2.51. The molecular weight excluding hydrogens is 271 g/mol. The van der Waals surface area contributed by atoms with Crippen LogP contribution in [0.25, 0.3) is 0 Å². The van der Waals surface area contributed by atoms with Gasteiger partial charge in [0.25, 0.3) is 5.91 Å². The fraction of sp³-hybridized carbons (Fsp3) is 0.562. The van der Waals surface area contributed by atoms with Crippen LogP contribution < -0.4 is 5.73 Å². The van der Waals surface area contributed by atoms with Crippen molar-refractivity contribution in [3.05, 3.63) is 29.6 Å². The Morgan fingerprint density at radius 2 is 2.14 bits per heavy atom. The third-order valence-corrected chi connectivity index (χ3v) is 4.38. The lowest BCUT2D eigenvalue weighted by Gasteiger charge is -2.39. The molecule has 0 aromatic heterocycles. The first-order chi connectivity index (χ1) is 10.1. The third-order valence-electron chi connectivity index (χ3n) is 4.38. The topological polar surface area (TPSA) is 66.6 Å². The maximum atomic E-state index is 13.9. The first-order valence-electron chi connectivity index (χ1n) is 7.58. The zero-order valence-corrected chi connectivity index (χ0v) is 12.4. The number of hydrogen-bond donors (Lipinski definition) is 2. The Kier molecular flexibility index (Phi) is 5.17. The molecule has 1 aromatic rings. The van der Waals surface area contributed by atoms with Crippen molar-refractivity contribution in [3.8, 4) is 5.75 Å². The minimum atomic E-state index is -0.682. The van der Waals surface area contributed by atoms with Gasteiger partial charge in [-0.1, -0.05) is 18.9 Å². The van der Waals surface area contributed by atoms with Crippen LogP contribution >= 0.6 is 0 Å². The van der Waals surface area contributed by atoms with Gasteiger partial charge in [-0.05, 0) is 44.4 Å². The standard InChI is InChI=1S/C16H23FN2O2/c1-2-19(13-8-4-3-6-11(13)10-18)16(21)15-12(17)7-5-9-14(15)20/h5,7,9,11,13,20H,2-4,6,8,10,18H2,1H3. The monoisotopic (exact) mass is 294 g/mol. The molecule has 0 radical (unpaired) electrons. The van der Waals surface area contributed by atoms with Crippen LogP contribution in [0, 0.1) is 11.7 Å². The van der Waals surface area contributed by atoms with Gasteiger partial charge < -0.3 is 15.7 Å². The minimum absolute atomic E-state index is 0.0280. The van der Waals surface area contributed by atoms with E-state index < -0.39 is 11.7 Å². The molecule has 2 rings (SSSR count). The Balaban J connectivity index is 2.30. The van der Waals surface area contributed by atoms with E-state index in [1.54, 1.807) is 4.90 Å². The maximum Gasteiger partial charge on any atom is 0.260 e. The Morgan fingerprint density at radius 1 is 1.43 bits per heavy atom. The number of hydrogen-bond acceptors (Lipinski definition) is 3. The lowest BCUT2D eigenvalue weighted by Crippen LogP contribution is -2.48. The lowest BCUT2D eigenvalue weighted by atomic mass is 9.83. The molecule has 21 heavy (non-hydrogen) atoms. The normalized spacial score (nSPS) is 22.0. The maximum absolute atomic E-state index is 13.9. The summed E-state index contributed by atoms with van der Waals surface area (Å²) in [4.78, 5) is 14.3. The highest BCUT2D eigenvalue weighted by molar-refractivity contribution is 5.97. The van der Waals surface area contributed by atoms with E-state index in [4.69, 9.17) is 5.73 Å². The quantitative estimate of drug-likeness (QED) is 0.896. The summed E-state index contributed by atoms with van der Waals surface area (Å²) >= 11 is 0. The predicted molar refractivity (Wildman–Crippen MR) is 79.6 cm³/mol. The largest absolute Gasteiger partial charge is 0.507 e. The van der Waals surface area contributed by atoms with E-state index in [0.717, 1.165) is 25.7 Å². The molecule has 1 aliphatic carbocycles. The highest BCUT2D eigenvalue weighted by Gasteiger charge is 2.33. The number of aromatic hydroxyl groups is 1. The summed E-state index contributed by atoms with van der Waals surface area (Å²) in [6.07, 6.45) is 4.05. The molecule has 0 aliphatic heterocycles. The Bertz CT molecular complexity index is 487. The number of carbonyl (C=O) groups is 1. The smallest absolute Gasteiger partial charge is 0.260 e. The van der Waals surface area contributed by atoms with Gasteiger partial charge in [0, 0.05) is 12.6 Å². The second-order valence-electron chi connectivity index (χ2n) is 5.57.